The van der Waals surface area contributed by atoms with Crippen molar-refractivity contribution in [2.45, 2.75) is 53.5 Å². The van der Waals surface area contributed by atoms with Gasteiger partial charge in [-0.3, -0.25) is 4.79 Å². The van der Waals surface area contributed by atoms with Gasteiger partial charge in [0, 0.05) is 4.88 Å². The second-order valence-corrected chi connectivity index (χ2v) is 7.99. The molecule has 1 aromatic rings. The molecule has 9 nitrogen and oxygen atoms in total. The molecule has 0 aromatic carbocycles. The third kappa shape index (κ3) is 7.37. The fraction of sp³-hybridized carbons (Fsp3) is 0.579. The van der Waals surface area contributed by atoms with E-state index in [0.29, 0.717) is 23.4 Å². The van der Waals surface area contributed by atoms with Crippen LogP contribution in [0, 0.1) is 12.8 Å². The number of nitrogens with two attached hydrogens (primary N) is 1. The number of carbonyl (C=O) groups is 4. The second kappa shape index (κ2) is 11.4. The number of hydrogen-bond donors (Lipinski definition) is 3. The zero-order valence-electron chi connectivity index (χ0n) is 17.4. The van der Waals surface area contributed by atoms with Crippen molar-refractivity contribution in [1.29, 1.82) is 0 Å². The molecule has 1 unspecified atom stereocenters. The largest absolute Gasteiger partial charge is 0.462 e. The zero-order valence-corrected chi connectivity index (χ0v) is 18.2. The molecule has 1 rings (SSSR count). The molecule has 0 bridgehead atoms. The monoisotopic (exact) mass is 427 g/mol. The second-order valence-electron chi connectivity index (χ2n) is 6.76. The van der Waals surface area contributed by atoms with Crippen LogP contribution in [0.3, 0.4) is 0 Å². The van der Waals surface area contributed by atoms with E-state index in [1.165, 1.54) is 11.3 Å². The number of thiophene rings is 1. The highest BCUT2D eigenvalue weighted by atomic mass is 32.1. The Bertz CT molecular complexity index is 759. The van der Waals surface area contributed by atoms with Gasteiger partial charge in [0.1, 0.15) is 11.0 Å². The number of urea groups is 1. The average Bonchev–Trinajstić information content (AvgIpc) is 2.93. The van der Waals surface area contributed by atoms with Crippen LogP contribution in [-0.2, 0) is 25.5 Å². The van der Waals surface area contributed by atoms with Gasteiger partial charge in [0.05, 0.1) is 12.2 Å². The highest BCUT2D eigenvalue weighted by Crippen LogP contribution is 2.34. The molecule has 0 aliphatic carbocycles. The number of hydrogen-bond acceptors (Lipinski definition) is 7. The first kappa shape index (κ1) is 24.4. The van der Waals surface area contributed by atoms with Gasteiger partial charge in [-0.05, 0) is 38.2 Å². The van der Waals surface area contributed by atoms with Crippen molar-refractivity contribution < 1.29 is 28.7 Å². The maximum absolute atomic E-state index is 12.3. The van der Waals surface area contributed by atoms with Crippen LogP contribution in [0.4, 0.5) is 9.80 Å². The van der Waals surface area contributed by atoms with Crippen LogP contribution in [0.1, 0.15) is 54.9 Å². The van der Waals surface area contributed by atoms with E-state index in [4.69, 9.17) is 15.2 Å². The third-order valence-electron chi connectivity index (χ3n) is 3.95. The number of nitrogens with one attached hydrogen (secondary N) is 2. The summed E-state index contributed by atoms with van der Waals surface area (Å²) < 4.78 is 10.1. The van der Waals surface area contributed by atoms with Gasteiger partial charge in [0.15, 0.2) is 6.61 Å². The molecule has 0 saturated carbocycles. The maximum Gasteiger partial charge on any atom is 0.341 e. The quantitative estimate of drug-likeness (QED) is 0.490. The van der Waals surface area contributed by atoms with Gasteiger partial charge < -0.3 is 25.8 Å². The van der Waals surface area contributed by atoms with Crippen LogP contribution in [-0.4, -0.2) is 43.1 Å². The smallest absolute Gasteiger partial charge is 0.341 e. The van der Waals surface area contributed by atoms with Gasteiger partial charge in [-0.2, -0.15) is 0 Å². The molecule has 10 heteroatoms. The van der Waals surface area contributed by atoms with E-state index < -0.39 is 36.5 Å². The van der Waals surface area contributed by atoms with E-state index >= 15 is 0 Å². The van der Waals surface area contributed by atoms with Gasteiger partial charge in [-0.1, -0.05) is 20.8 Å². The molecule has 29 heavy (non-hydrogen) atoms. The Labute approximate surface area is 174 Å². The van der Waals surface area contributed by atoms with Crippen molar-refractivity contribution in [2.75, 3.05) is 18.5 Å². The Hall–Kier alpha value is -2.62. The summed E-state index contributed by atoms with van der Waals surface area (Å²) in [5, 5.41) is 5.28. The van der Waals surface area contributed by atoms with Crippen LogP contribution in [0.15, 0.2) is 0 Å². The van der Waals surface area contributed by atoms with Crippen molar-refractivity contribution >= 4 is 40.2 Å². The van der Waals surface area contributed by atoms with E-state index in [-0.39, 0.29) is 12.5 Å². The number of primary amides is 1. The number of aryl methyl sites for hydroxylation is 1. The zero-order chi connectivity index (χ0) is 22.1. The molecule has 0 saturated heterocycles. The van der Waals surface area contributed by atoms with E-state index in [2.05, 4.69) is 10.6 Å². The topological polar surface area (TPSA) is 137 Å². The fourth-order valence-electron chi connectivity index (χ4n) is 2.77. The number of ether oxygens (including phenoxy) is 2. The molecular weight excluding hydrogens is 398 g/mol. The summed E-state index contributed by atoms with van der Waals surface area (Å²) >= 11 is 1.26. The van der Waals surface area contributed by atoms with Gasteiger partial charge in [0.25, 0.3) is 5.91 Å². The predicted octanol–water partition coefficient (Wildman–Crippen LogP) is 2.36. The molecule has 0 aliphatic heterocycles. The van der Waals surface area contributed by atoms with Gasteiger partial charge in [-0.15, -0.1) is 11.3 Å². The minimum absolute atomic E-state index is 0.0990. The summed E-state index contributed by atoms with van der Waals surface area (Å²) in [6, 6.07) is -1.79. The highest BCUT2D eigenvalue weighted by molar-refractivity contribution is 7.16. The molecule has 3 amide bonds. The first-order chi connectivity index (χ1) is 13.6. The number of anilines is 1. The Morgan fingerprint density at radius 2 is 1.79 bits per heavy atom. The summed E-state index contributed by atoms with van der Waals surface area (Å²) in [6.07, 6.45) is 0.928. The summed E-state index contributed by atoms with van der Waals surface area (Å²) in [7, 11) is 0. The van der Waals surface area contributed by atoms with Crippen LogP contribution >= 0.6 is 11.3 Å². The molecule has 1 heterocycles. The standard InChI is InChI=1S/C19H29N3O6S/c1-6-12-11(5)29-16(15(12)18(25)27-7-2)22-14(23)9-28-17(24)13(8-10(3)4)21-19(20)26/h10,13H,6-9H2,1-5H3,(H,22,23)(H3,20,21,26). The van der Waals surface area contributed by atoms with E-state index in [1.807, 2.05) is 27.7 Å². The number of amides is 3. The summed E-state index contributed by atoms with van der Waals surface area (Å²) in [4.78, 5) is 48.7. The van der Waals surface area contributed by atoms with Crippen LogP contribution in [0.25, 0.3) is 0 Å². The maximum atomic E-state index is 12.3. The summed E-state index contributed by atoms with van der Waals surface area (Å²) in [5.74, 6) is -1.77. The Morgan fingerprint density at radius 1 is 1.14 bits per heavy atom. The number of carbonyl (C=O) groups excluding carboxylic acids is 4. The lowest BCUT2D eigenvalue weighted by Gasteiger charge is -2.18. The normalized spacial score (nSPS) is 11.7. The van der Waals surface area contributed by atoms with E-state index in [1.54, 1.807) is 6.92 Å². The lowest BCUT2D eigenvalue weighted by atomic mass is 10.0. The predicted molar refractivity (Wildman–Crippen MR) is 110 cm³/mol. The molecule has 0 fully saturated rings. The molecule has 4 N–H and O–H groups in total. The molecule has 0 radical (unpaired) electrons. The van der Waals surface area contributed by atoms with E-state index in [0.717, 1.165) is 10.4 Å². The summed E-state index contributed by atoms with van der Waals surface area (Å²) in [5.41, 5.74) is 6.22. The van der Waals surface area contributed by atoms with Crippen LogP contribution in [0.2, 0.25) is 0 Å². The molecule has 0 aliphatic rings. The van der Waals surface area contributed by atoms with Crippen LogP contribution in [0.5, 0.6) is 0 Å². The Balaban J connectivity index is 2.83. The molecule has 1 atom stereocenters. The van der Waals surface area contributed by atoms with Crippen molar-refractivity contribution in [1.82, 2.24) is 5.32 Å². The SMILES string of the molecule is CCOC(=O)c1c(NC(=O)COC(=O)C(CC(C)C)NC(N)=O)sc(C)c1CC. The third-order valence-corrected chi connectivity index (χ3v) is 5.01. The number of esters is 2. The van der Waals surface area contributed by atoms with E-state index in [9.17, 15) is 19.2 Å². The highest BCUT2D eigenvalue weighted by Gasteiger charge is 2.25. The molecular formula is C19H29N3O6S. The van der Waals surface area contributed by atoms with Crippen molar-refractivity contribution in [2.24, 2.45) is 11.7 Å². The molecule has 1 aromatic heterocycles. The first-order valence-corrected chi connectivity index (χ1v) is 10.2. The minimum atomic E-state index is -0.939. The fourth-order valence-corrected chi connectivity index (χ4v) is 3.92. The molecule has 0 spiro atoms. The summed E-state index contributed by atoms with van der Waals surface area (Å²) in [6.45, 7) is 8.86. The van der Waals surface area contributed by atoms with Crippen molar-refractivity contribution in [3.05, 3.63) is 16.0 Å². The molecule has 162 valence electrons. The van der Waals surface area contributed by atoms with Gasteiger partial charge in [-0.25, -0.2) is 14.4 Å². The van der Waals surface area contributed by atoms with Crippen molar-refractivity contribution in [3.63, 3.8) is 0 Å². The Morgan fingerprint density at radius 3 is 2.31 bits per heavy atom. The number of rotatable bonds is 10. The van der Waals surface area contributed by atoms with Gasteiger partial charge >= 0.3 is 18.0 Å². The van der Waals surface area contributed by atoms with Crippen LogP contribution < -0.4 is 16.4 Å². The Kier molecular flexibility index (Phi) is 9.60. The first-order valence-electron chi connectivity index (χ1n) is 9.42. The minimum Gasteiger partial charge on any atom is -0.462 e. The van der Waals surface area contributed by atoms with Crippen molar-refractivity contribution in [3.8, 4) is 0 Å². The van der Waals surface area contributed by atoms with Gasteiger partial charge in [0.2, 0.25) is 0 Å². The lowest BCUT2D eigenvalue weighted by Crippen LogP contribution is -2.45. The average molecular weight is 428 g/mol. The lowest BCUT2D eigenvalue weighted by molar-refractivity contribution is -0.149.